The standard InChI is InChI=1S/C38H73N2O3.CH4O4S/c1-4-7-9-11-13-15-17-19-21-23-25-27-29-31-33-35-37(41)40(39,6-3)43-38(42)36-34-32-30-28-26-24-22-20-18-16-14-12-10-8-5-2;1-5-6(2,3)4/h19-22H,4-18,23-36,39H2,1-3H3;1H3,(H,2,3,4)/q+1;/b21-19-,22-20-;. The van der Waals surface area contributed by atoms with Gasteiger partial charge < -0.3 is 0 Å². The number of hydroxylamine groups is 2. The molecule has 0 saturated heterocycles. The van der Waals surface area contributed by atoms with Crippen molar-refractivity contribution in [3.63, 3.8) is 0 Å². The average molecular weight is 718 g/mol. The number of nitrogens with zero attached hydrogens (tertiary/aromatic N) is 1. The Hall–Kier alpha value is -1.59. The second-order valence-corrected chi connectivity index (χ2v) is 14.4. The van der Waals surface area contributed by atoms with Crippen LogP contribution < -0.4 is 5.84 Å². The van der Waals surface area contributed by atoms with Gasteiger partial charge in [-0.3, -0.25) is 8.74 Å². The molecular formula is C39H77N2O7S+. The molecule has 0 saturated carbocycles. The van der Waals surface area contributed by atoms with Gasteiger partial charge in [-0.2, -0.15) is 8.42 Å². The summed E-state index contributed by atoms with van der Waals surface area (Å²) in [4.78, 5) is 30.6. The van der Waals surface area contributed by atoms with E-state index < -0.39 is 15.2 Å². The van der Waals surface area contributed by atoms with E-state index in [2.05, 4.69) is 42.3 Å². The lowest BCUT2D eigenvalue weighted by molar-refractivity contribution is -1.04. The van der Waals surface area contributed by atoms with Gasteiger partial charge in [-0.1, -0.05) is 141 Å². The first-order valence-corrected chi connectivity index (χ1v) is 21.2. The zero-order valence-electron chi connectivity index (χ0n) is 32.1. The van der Waals surface area contributed by atoms with Crippen LogP contribution >= 0.6 is 0 Å². The lowest BCUT2D eigenvalue weighted by Gasteiger charge is -2.25. The number of amides is 1. The van der Waals surface area contributed by atoms with Gasteiger partial charge in [-0.25, -0.2) is 14.4 Å². The highest BCUT2D eigenvalue weighted by atomic mass is 32.3. The summed E-state index contributed by atoms with van der Waals surface area (Å²) in [5, 5.41) is 0. The van der Waals surface area contributed by atoms with Crippen molar-refractivity contribution in [2.24, 2.45) is 5.84 Å². The number of hydrogen-bond acceptors (Lipinski definition) is 7. The monoisotopic (exact) mass is 718 g/mol. The number of rotatable bonds is 32. The maximum atomic E-state index is 12.7. The Morgan fingerprint density at radius 3 is 1.20 bits per heavy atom. The molecule has 290 valence electrons. The first-order valence-electron chi connectivity index (χ1n) is 19.8. The van der Waals surface area contributed by atoms with E-state index in [0.29, 0.717) is 12.8 Å². The maximum Gasteiger partial charge on any atom is 0.397 e. The molecule has 0 aromatic rings. The number of hydrogen-bond donors (Lipinski definition) is 2. The van der Waals surface area contributed by atoms with E-state index in [-0.39, 0.29) is 18.4 Å². The Morgan fingerprint density at radius 1 is 0.571 bits per heavy atom. The van der Waals surface area contributed by atoms with E-state index >= 15 is 0 Å². The van der Waals surface area contributed by atoms with Gasteiger partial charge in [0.1, 0.15) is 6.54 Å². The molecule has 9 nitrogen and oxygen atoms in total. The summed E-state index contributed by atoms with van der Waals surface area (Å²) < 4.78 is 29.0. The van der Waals surface area contributed by atoms with Crippen LogP contribution in [0.25, 0.3) is 0 Å². The van der Waals surface area contributed by atoms with Crippen LogP contribution in [0.2, 0.25) is 0 Å². The van der Waals surface area contributed by atoms with Crippen molar-refractivity contribution in [1.82, 2.24) is 0 Å². The summed E-state index contributed by atoms with van der Waals surface area (Å²) in [6, 6.07) is 0. The van der Waals surface area contributed by atoms with Crippen molar-refractivity contribution in [3.8, 4) is 0 Å². The molecule has 1 atom stereocenters. The molecule has 1 unspecified atom stereocenters. The topological polar surface area (TPSA) is 133 Å². The zero-order valence-corrected chi connectivity index (χ0v) is 33.0. The lowest BCUT2D eigenvalue weighted by atomic mass is 10.1. The summed E-state index contributed by atoms with van der Waals surface area (Å²) in [5.74, 6) is 5.63. The molecule has 10 heteroatoms. The number of carbonyl (C=O) groups excluding carboxylic acids is 2. The highest BCUT2D eigenvalue weighted by Gasteiger charge is 2.36. The first kappa shape index (κ1) is 49.5. The quantitative estimate of drug-likeness (QED) is 0.0134. The minimum absolute atomic E-state index is 0.196. The maximum absolute atomic E-state index is 12.7. The zero-order chi connectivity index (χ0) is 36.9. The van der Waals surface area contributed by atoms with E-state index in [9.17, 15) is 18.0 Å². The smallest absolute Gasteiger partial charge is 0.264 e. The van der Waals surface area contributed by atoms with Crippen molar-refractivity contribution in [2.75, 3.05) is 13.7 Å². The van der Waals surface area contributed by atoms with Gasteiger partial charge in [0.2, 0.25) is 0 Å². The molecule has 0 aromatic heterocycles. The summed E-state index contributed by atoms with van der Waals surface area (Å²) in [7, 11) is -3.29. The van der Waals surface area contributed by atoms with Crippen LogP contribution in [0, 0.1) is 0 Å². The van der Waals surface area contributed by atoms with Crippen LogP contribution in [0.5, 0.6) is 0 Å². The number of carbonyl (C=O) groups is 2. The lowest BCUT2D eigenvalue weighted by Crippen LogP contribution is -2.59. The van der Waals surface area contributed by atoms with Crippen molar-refractivity contribution in [2.45, 2.75) is 201 Å². The third-order valence-electron chi connectivity index (χ3n) is 8.66. The minimum Gasteiger partial charge on any atom is -0.264 e. The van der Waals surface area contributed by atoms with Crippen molar-refractivity contribution >= 4 is 22.3 Å². The van der Waals surface area contributed by atoms with E-state index in [1.165, 1.54) is 116 Å². The number of allylic oxidation sites excluding steroid dienone is 4. The van der Waals surface area contributed by atoms with Gasteiger partial charge in [0, 0.05) is 0 Å². The van der Waals surface area contributed by atoms with Crippen LogP contribution in [0.3, 0.4) is 0 Å². The fourth-order valence-electron chi connectivity index (χ4n) is 5.40. The summed E-state index contributed by atoms with van der Waals surface area (Å²) >= 11 is 0. The summed E-state index contributed by atoms with van der Waals surface area (Å²) in [5.41, 5.74) is 0. The van der Waals surface area contributed by atoms with Crippen LogP contribution in [-0.4, -0.2) is 43.3 Å². The Balaban J connectivity index is 0. The number of nitrogens with two attached hydrogens (primary N) is 1. The molecule has 0 aromatic carbocycles. The molecule has 0 rings (SSSR count). The second-order valence-electron chi connectivity index (χ2n) is 13.2. The van der Waals surface area contributed by atoms with Gasteiger partial charge >= 0.3 is 22.3 Å². The normalized spacial score (nSPS) is 13.0. The average Bonchev–Trinajstić information content (AvgIpc) is 3.08. The Morgan fingerprint density at radius 2 is 0.878 bits per heavy atom. The molecule has 3 N–H and O–H groups in total. The third-order valence-corrected chi connectivity index (χ3v) is 9.08. The SMILES string of the molecule is CCCCCCCC/C=C\CCCCCCCC(=O)O[N+](N)(CC)C(=O)CCCCCCC/C=C\CCCCCCCC.COS(=O)(=O)O. The van der Waals surface area contributed by atoms with Gasteiger partial charge in [0.15, 0.2) is 0 Å². The predicted octanol–water partition coefficient (Wildman–Crippen LogP) is 11.2. The molecule has 0 aliphatic carbocycles. The molecular weight excluding hydrogens is 641 g/mol. The molecule has 0 spiro atoms. The molecule has 1 amide bonds. The van der Waals surface area contributed by atoms with Crippen LogP contribution in [0.1, 0.15) is 201 Å². The molecule has 0 bridgehead atoms. The molecule has 0 heterocycles. The molecule has 0 aliphatic rings. The molecule has 0 fully saturated rings. The third kappa shape index (κ3) is 37.5. The van der Waals surface area contributed by atoms with E-state index in [1.807, 2.05) is 0 Å². The minimum atomic E-state index is -4.16. The van der Waals surface area contributed by atoms with Crippen LogP contribution in [-0.2, 0) is 29.0 Å². The fraction of sp³-hybridized carbons (Fsp3) is 0.846. The summed E-state index contributed by atoms with van der Waals surface area (Å²) in [6.45, 7) is 6.59. The first-order chi connectivity index (χ1) is 23.6. The molecule has 0 aliphatic heterocycles. The summed E-state index contributed by atoms with van der Waals surface area (Å²) in [6.07, 6.45) is 41.8. The van der Waals surface area contributed by atoms with Crippen molar-refractivity contribution in [1.29, 1.82) is 0 Å². The highest BCUT2D eigenvalue weighted by molar-refractivity contribution is 7.80. The van der Waals surface area contributed by atoms with E-state index in [1.54, 1.807) is 6.92 Å². The largest absolute Gasteiger partial charge is 0.397 e. The van der Waals surface area contributed by atoms with E-state index in [0.717, 1.165) is 58.5 Å². The van der Waals surface area contributed by atoms with Gasteiger partial charge in [0.25, 0.3) is 0 Å². The van der Waals surface area contributed by atoms with Gasteiger partial charge in [0.05, 0.1) is 20.0 Å². The predicted molar refractivity (Wildman–Crippen MR) is 204 cm³/mol. The van der Waals surface area contributed by atoms with Crippen LogP contribution in [0.15, 0.2) is 24.3 Å². The van der Waals surface area contributed by atoms with E-state index in [4.69, 9.17) is 15.2 Å². The van der Waals surface area contributed by atoms with Gasteiger partial charge in [-0.15, -0.1) is 5.84 Å². The fourth-order valence-corrected chi connectivity index (χ4v) is 5.40. The Kier molecular flexibility index (Phi) is 36.6. The Bertz CT molecular complexity index is 924. The van der Waals surface area contributed by atoms with Gasteiger partial charge in [-0.05, 0) is 75.9 Å². The van der Waals surface area contributed by atoms with Crippen LogP contribution in [0.4, 0.5) is 0 Å². The van der Waals surface area contributed by atoms with Crippen molar-refractivity contribution in [3.05, 3.63) is 24.3 Å². The van der Waals surface area contributed by atoms with Crippen molar-refractivity contribution < 1.29 is 36.3 Å². The number of quaternary nitrogens is 1. The molecule has 49 heavy (non-hydrogen) atoms. The number of unbranched alkanes of at least 4 members (excludes halogenated alkanes) is 22. The highest BCUT2D eigenvalue weighted by Crippen LogP contribution is 2.15. The molecule has 0 radical (unpaired) electrons. The Labute approximate surface area is 302 Å². The second kappa shape index (κ2) is 36.2.